The Balaban J connectivity index is 1.93. The Morgan fingerprint density at radius 2 is 1.72 bits per heavy atom. The van der Waals surface area contributed by atoms with Crippen molar-refractivity contribution >= 4 is 0 Å². The van der Waals surface area contributed by atoms with E-state index in [0.29, 0.717) is 0 Å². The van der Waals surface area contributed by atoms with Crippen molar-refractivity contribution in [2.75, 3.05) is 19.6 Å². The molecule has 0 spiro atoms. The highest BCUT2D eigenvalue weighted by Gasteiger charge is 2.27. The summed E-state index contributed by atoms with van der Waals surface area (Å²) in [6.45, 7) is 9.75. The molecular formula is C16H25NO. The van der Waals surface area contributed by atoms with E-state index >= 15 is 0 Å². The monoisotopic (exact) mass is 247 g/mol. The number of nitrogens with zero attached hydrogens (tertiary/aromatic N) is 1. The molecule has 1 heterocycles. The van der Waals surface area contributed by atoms with Crippen molar-refractivity contribution in [1.82, 2.24) is 4.90 Å². The van der Waals surface area contributed by atoms with Crippen LogP contribution < -0.4 is 0 Å². The van der Waals surface area contributed by atoms with E-state index in [4.69, 9.17) is 0 Å². The molecule has 2 heteroatoms. The van der Waals surface area contributed by atoms with Crippen molar-refractivity contribution in [2.24, 2.45) is 11.8 Å². The van der Waals surface area contributed by atoms with E-state index < -0.39 is 0 Å². The summed E-state index contributed by atoms with van der Waals surface area (Å²) >= 11 is 0. The Kier molecular flexibility index (Phi) is 4.41. The van der Waals surface area contributed by atoms with Gasteiger partial charge in [-0.25, -0.2) is 0 Å². The molecule has 0 saturated carbocycles. The maximum Gasteiger partial charge on any atom is 0.0916 e. The van der Waals surface area contributed by atoms with Crippen LogP contribution in [-0.4, -0.2) is 29.6 Å². The molecule has 0 aromatic heterocycles. The average molecular weight is 247 g/mol. The molecule has 0 radical (unpaired) electrons. The first kappa shape index (κ1) is 13.6. The average Bonchev–Trinajstić information content (AvgIpc) is 2.68. The molecule has 2 rings (SSSR count). The third-order valence-electron chi connectivity index (χ3n) is 4.27. The zero-order chi connectivity index (χ0) is 13.1. The summed E-state index contributed by atoms with van der Waals surface area (Å²) in [5.41, 5.74) is 2.37. The highest BCUT2D eigenvalue weighted by atomic mass is 16.3. The summed E-state index contributed by atoms with van der Waals surface area (Å²) in [6, 6.07) is 8.36. The molecule has 1 aromatic rings. The van der Waals surface area contributed by atoms with Crippen molar-refractivity contribution in [3.8, 4) is 0 Å². The molecule has 1 fully saturated rings. The number of aryl methyl sites for hydroxylation is 1. The minimum absolute atomic E-state index is 0.353. The van der Waals surface area contributed by atoms with Gasteiger partial charge in [-0.1, -0.05) is 45.0 Å². The van der Waals surface area contributed by atoms with Gasteiger partial charge >= 0.3 is 0 Å². The number of β-amino-alcohol motifs (C(OH)–C–C–N with tert-alkyl or cyclic N) is 1. The van der Waals surface area contributed by atoms with Gasteiger partial charge in [0, 0.05) is 19.6 Å². The number of rotatable bonds is 4. The van der Waals surface area contributed by atoms with Crippen LogP contribution in [0.25, 0.3) is 0 Å². The highest BCUT2D eigenvalue weighted by molar-refractivity contribution is 5.24. The lowest BCUT2D eigenvalue weighted by Crippen LogP contribution is -2.26. The van der Waals surface area contributed by atoms with Crippen LogP contribution in [0.15, 0.2) is 24.3 Å². The third kappa shape index (κ3) is 3.12. The molecule has 18 heavy (non-hydrogen) atoms. The summed E-state index contributed by atoms with van der Waals surface area (Å²) in [4.78, 5) is 2.38. The van der Waals surface area contributed by atoms with Crippen LogP contribution >= 0.6 is 0 Å². The van der Waals surface area contributed by atoms with Gasteiger partial charge in [-0.2, -0.15) is 0 Å². The molecule has 100 valence electrons. The minimum Gasteiger partial charge on any atom is -0.387 e. The molecule has 1 saturated heterocycles. The van der Waals surface area contributed by atoms with Crippen LogP contribution in [0, 0.1) is 11.8 Å². The van der Waals surface area contributed by atoms with E-state index in [9.17, 15) is 5.11 Å². The maximum absolute atomic E-state index is 10.3. The predicted molar refractivity (Wildman–Crippen MR) is 75.5 cm³/mol. The van der Waals surface area contributed by atoms with Crippen molar-refractivity contribution in [3.05, 3.63) is 35.4 Å². The number of aliphatic hydroxyl groups is 1. The molecule has 1 aliphatic rings. The van der Waals surface area contributed by atoms with Gasteiger partial charge in [0.25, 0.3) is 0 Å². The fourth-order valence-electron chi connectivity index (χ4n) is 2.72. The van der Waals surface area contributed by atoms with Gasteiger partial charge in [0.1, 0.15) is 0 Å². The standard InChI is InChI=1S/C16H25NO/c1-4-14-5-7-15(8-6-14)16(18)11-17-9-12(2)13(3)10-17/h5-8,12-13,16,18H,4,9-11H2,1-3H3. The van der Waals surface area contributed by atoms with Gasteiger partial charge in [0.2, 0.25) is 0 Å². The Morgan fingerprint density at radius 3 is 2.22 bits per heavy atom. The molecule has 1 aliphatic heterocycles. The van der Waals surface area contributed by atoms with Gasteiger partial charge in [0.15, 0.2) is 0 Å². The minimum atomic E-state index is -0.353. The number of aliphatic hydroxyl groups excluding tert-OH is 1. The van der Waals surface area contributed by atoms with Gasteiger partial charge in [-0.15, -0.1) is 0 Å². The normalized spacial score (nSPS) is 26.4. The second-order valence-corrected chi connectivity index (χ2v) is 5.78. The van der Waals surface area contributed by atoms with Crippen LogP contribution in [0.5, 0.6) is 0 Å². The van der Waals surface area contributed by atoms with Crippen molar-refractivity contribution in [1.29, 1.82) is 0 Å². The van der Waals surface area contributed by atoms with Crippen LogP contribution in [0.2, 0.25) is 0 Å². The van der Waals surface area contributed by atoms with E-state index in [0.717, 1.165) is 43.5 Å². The van der Waals surface area contributed by atoms with Crippen LogP contribution in [0.3, 0.4) is 0 Å². The largest absolute Gasteiger partial charge is 0.387 e. The number of hydrogen-bond acceptors (Lipinski definition) is 2. The number of likely N-dealkylation sites (tertiary alicyclic amines) is 1. The van der Waals surface area contributed by atoms with E-state index in [2.05, 4.69) is 49.9 Å². The highest BCUT2D eigenvalue weighted by Crippen LogP contribution is 2.24. The number of benzene rings is 1. The van der Waals surface area contributed by atoms with Gasteiger partial charge in [0.05, 0.1) is 6.10 Å². The van der Waals surface area contributed by atoms with E-state index in [1.165, 1.54) is 5.56 Å². The Hall–Kier alpha value is -0.860. The first-order valence-corrected chi connectivity index (χ1v) is 7.09. The van der Waals surface area contributed by atoms with E-state index in [-0.39, 0.29) is 6.10 Å². The third-order valence-corrected chi connectivity index (χ3v) is 4.27. The van der Waals surface area contributed by atoms with Gasteiger partial charge < -0.3 is 5.11 Å². The van der Waals surface area contributed by atoms with E-state index in [1.54, 1.807) is 0 Å². The van der Waals surface area contributed by atoms with Gasteiger partial charge in [-0.05, 0) is 29.4 Å². The molecule has 3 unspecified atom stereocenters. The second-order valence-electron chi connectivity index (χ2n) is 5.78. The summed E-state index contributed by atoms with van der Waals surface area (Å²) in [5, 5.41) is 10.3. The van der Waals surface area contributed by atoms with E-state index in [1.807, 2.05) is 0 Å². The molecule has 3 atom stereocenters. The lowest BCUT2D eigenvalue weighted by atomic mass is 10.0. The Morgan fingerprint density at radius 1 is 1.17 bits per heavy atom. The lowest BCUT2D eigenvalue weighted by molar-refractivity contribution is 0.123. The first-order valence-electron chi connectivity index (χ1n) is 7.09. The Bertz CT molecular complexity index is 363. The first-order chi connectivity index (χ1) is 8.60. The second kappa shape index (κ2) is 5.85. The summed E-state index contributed by atoms with van der Waals surface area (Å²) in [6.07, 6.45) is 0.700. The predicted octanol–water partition coefficient (Wildman–Crippen LogP) is 2.87. The van der Waals surface area contributed by atoms with Crippen molar-refractivity contribution < 1.29 is 5.11 Å². The Labute approximate surface area is 111 Å². The molecule has 1 aromatic carbocycles. The zero-order valence-corrected chi connectivity index (χ0v) is 11.8. The lowest BCUT2D eigenvalue weighted by Gasteiger charge is -2.20. The smallest absolute Gasteiger partial charge is 0.0916 e. The van der Waals surface area contributed by atoms with Crippen molar-refractivity contribution in [2.45, 2.75) is 33.3 Å². The zero-order valence-electron chi connectivity index (χ0n) is 11.8. The number of hydrogen-bond donors (Lipinski definition) is 1. The topological polar surface area (TPSA) is 23.5 Å². The van der Waals surface area contributed by atoms with Crippen LogP contribution in [0.1, 0.15) is 38.0 Å². The maximum atomic E-state index is 10.3. The molecule has 2 nitrogen and oxygen atoms in total. The molecule has 0 bridgehead atoms. The molecular weight excluding hydrogens is 222 g/mol. The summed E-state index contributed by atoms with van der Waals surface area (Å²) in [7, 11) is 0. The molecule has 0 amide bonds. The molecule has 0 aliphatic carbocycles. The van der Waals surface area contributed by atoms with Crippen molar-refractivity contribution in [3.63, 3.8) is 0 Å². The van der Waals surface area contributed by atoms with Crippen LogP contribution in [0.4, 0.5) is 0 Å². The van der Waals surface area contributed by atoms with Crippen LogP contribution in [-0.2, 0) is 6.42 Å². The summed E-state index contributed by atoms with van der Waals surface area (Å²) in [5.74, 6) is 1.50. The fourth-order valence-corrected chi connectivity index (χ4v) is 2.72. The quantitative estimate of drug-likeness (QED) is 0.884. The SMILES string of the molecule is CCc1ccc(C(O)CN2CC(C)C(C)C2)cc1. The summed E-state index contributed by atoms with van der Waals surface area (Å²) < 4.78 is 0. The molecule has 1 N–H and O–H groups in total. The van der Waals surface area contributed by atoms with Gasteiger partial charge in [-0.3, -0.25) is 4.90 Å². The fraction of sp³-hybridized carbons (Fsp3) is 0.625.